The number of benzene rings is 1. The fourth-order valence-electron chi connectivity index (χ4n) is 2.62. The van der Waals surface area contributed by atoms with Gasteiger partial charge in [-0.05, 0) is 36.6 Å². The van der Waals surface area contributed by atoms with Gasteiger partial charge in [0.1, 0.15) is 12.6 Å². The van der Waals surface area contributed by atoms with Gasteiger partial charge in [0.2, 0.25) is 5.91 Å². The topological polar surface area (TPSA) is 86.9 Å². The summed E-state index contributed by atoms with van der Waals surface area (Å²) in [6.45, 7) is 3.89. The molecule has 0 saturated carbocycles. The summed E-state index contributed by atoms with van der Waals surface area (Å²) in [7, 11) is 1.94. The Hall–Kier alpha value is -2.81. The summed E-state index contributed by atoms with van der Waals surface area (Å²) in [5.74, 6) is -0.391. The van der Waals surface area contributed by atoms with Crippen LogP contribution >= 0.6 is 0 Å². The molecule has 0 fully saturated rings. The second kappa shape index (κ2) is 7.64. The maximum Gasteiger partial charge on any atom is 0.251 e. The molecule has 0 aliphatic carbocycles. The number of carbonyl (C=O) groups is 2. The van der Waals surface area contributed by atoms with Gasteiger partial charge in [0.15, 0.2) is 0 Å². The average Bonchev–Trinajstić information content (AvgIpc) is 2.92. The minimum absolute atomic E-state index is 0.0702. The van der Waals surface area contributed by atoms with Crippen LogP contribution in [0.2, 0.25) is 0 Å². The third kappa shape index (κ3) is 4.13. The van der Waals surface area contributed by atoms with Gasteiger partial charge in [0.05, 0.1) is 6.07 Å². The van der Waals surface area contributed by atoms with Crippen molar-refractivity contribution in [3.05, 3.63) is 36.0 Å². The van der Waals surface area contributed by atoms with Crippen molar-refractivity contribution in [2.24, 2.45) is 13.0 Å². The van der Waals surface area contributed by atoms with Gasteiger partial charge in [0.25, 0.3) is 5.91 Å². The van der Waals surface area contributed by atoms with Gasteiger partial charge < -0.3 is 15.2 Å². The quantitative estimate of drug-likeness (QED) is 0.796. The number of carbonyl (C=O) groups excluding carboxylic acids is 2. The molecule has 24 heavy (non-hydrogen) atoms. The molecule has 0 aliphatic rings. The Labute approximate surface area is 141 Å². The molecule has 6 nitrogen and oxygen atoms in total. The van der Waals surface area contributed by atoms with E-state index in [9.17, 15) is 9.59 Å². The standard InChI is InChI=1S/C18H22N4O2/c1-12(2)10-15(18(24)20-8-7-19)21-17(23)14-4-5-16-13(11-14)6-9-22(16)3/h4-6,9,11-12,15H,8,10H2,1-3H3,(H,20,24)(H,21,23)/t15-/m0/s1. The number of nitriles is 1. The molecular formula is C18H22N4O2. The predicted molar refractivity (Wildman–Crippen MR) is 92.3 cm³/mol. The van der Waals surface area contributed by atoms with Crippen LogP contribution < -0.4 is 10.6 Å². The Kier molecular flexibility index (Phi) is 5.59. The van der Waals surface area contributed by atoms with Gasteiger partial charge in [-0.3, -0.25) is 9.59 Å². The summed E-state index contributed by atoms with van der Waals surface area (Å²) in [4.78, 5) is 24.6. The third-order valence-electron chi connectivity index (χ3n) is 3.82. The number of hydrogen-bond donors (Lipinski definition) is 2. The van der Waals surface area contributed by atoms with Crippen LogP contribution in [0.3, 0.4) is 0 Å². The molecule has 0 spiro atoms. The molecule has 6 heteroatoms. The highest BCUT2D eigenvalue weighted by atomic mass is 16.2. The lowest BCUT2D eigenvalue weighted by Crippen LogP contribution is -2.47. The fourth-order valence-corrected chi connectivity index (χ4v) is 2.62. The minimum Gasteiger partial charge on any atom is -0.351 e. The lowest BCUT2D eigenvalue weighted by Gasteiger charge is -2.19. The number of amides is 2. The summed E-state index contributed by atoms with van der Waals surface area (Å²) in [6, 6.07) is 8.60. The minimum atomic E-state index is -0.655. The van der Waals surface area contributed by atoms with Crippen molar-refractivity contribution < 1.29 is 9.59 Å². The first kappa shape index (κ1) is 17.5. The van der Waals surface area contributed by atoms with Gasteiger partial charge in [-0.2, -0.15) is 5.26 Å². The summed E-state index contributed by atoms with van der Waals surface area (Å²) < 4.78 is 1.98. The van der Waals surface area contributed by atoms with Crippen LogP contribution in [0.1, 0.15) is 30.6 Å². The van der Waals surface area contributed by atoms with Gasteiger partial charge in [0, 0.05) is 29.7 Å². The maximum absolute atomic E-state index is 12.5. The van der Waals surface area contributed by atoms with Crippen LogP contribution in [-0.4, -0.2) is 29.0 Å². The highest BCUT2D eigenvalue weighted by Gasteiger charge is 2.22. The zero-order valence-corrected chi connectivity index (χ0v) is 14.2. The van der Waals surface area contributed by atoms with Gasteiger partial charge in [-0.15, -0.1) is 0 Å². The van der Waals surface area contributed by atoms with Crippen molar-refractivity contribution in [1.29, 1.82) is 5.26 Å². The van der Waals surface area contributed by atoms with Crippen LogP contribution in [0.5, 0.6) is 0 Å². The molecular weight excluding hydrogens is 304 g/mol. The molecule has 2 N–H and O–H groups in total. The first-order valence-corrected chi connectivity index (χ1v) is 7.93. The third-order valence-corrected chi connectivity index (χ3v) is 3.82. The molecule has 0 aliphatic heterocycles. The van der Waals surface area contributed by atoms with Crippen molar-refractivity contribution in [2.75, 3.05) is 6.54 Å². The SMILES string of the molecule is CC(C)C[C@H](NC(=O)c1ccc2c(ccn2C)c1)C(=O)NCC#N. The number of rotatable bonds is 6. The largest absolute Gasteiger partial charge is 0.351 e. The van der Waals surface area contributed by atoms with E-state index in [1.54, 1.807) is 6.07 Å². The summed E-state index contributed by atoms with van der Waals surface area (Å²) in [6.07, 6.45) is 2.44. The van der Waals surface area contributed by atoms with E-state index in [1.807, 2.05) is 55.9 Å². The summed E-state index contributed by atoms with van der Waals surface area (Å²) in [5.41, 5.74) is 1.55. The first-order valence-electron chi connectivity index (χ1n) is 7.93. The smallest absolute Gasteiger partial charge is 0.251 e. The van der Waals surface area contributed by atoms with Crippen molar-refractivity contribution in [3.63, 3.8) is 0 Å². The summed E-state index contributed by atoms with van der Waals surface area (Å²) >= 11 is 0. The second-order valence-corrected chi connectivity index (χ2v) is 6.23. The Bertz CT molecular complexity index is 786. The zero-order valence-electron chi connectivity index (χ0n) is 14.2. The number of nitrogens with one attached hydrogen (secondary N) is 2. The van der Waals surface area contributed by atoms with E-state index < -0.39 is 6.04 Å². The maximum atomic E-state index is 12.5. The molecule has 126 valence electrons. The molecule has 1 heterocycles. The number of nitrogens with zero attached hydrogens (tertiary/aromatic N) is 2. The van der Waals surface area contributed by atoms with Crippen molar-refractivity contribution in [1.82, 2.24) is 15.2 Å². The van der Waals surface area contributed by atoms with E-state index in [1.165, 1.54) is 0 Å². The second-order valence-electron chi connectivity index (χ2n) is 6.23. The Morgan fingerprint density at radius 1 is 1.29 bits per heavy atom. The molecule has 1 aromatic heterocycles. The molecule has 0 bridgehead atoms. The molecule has 2 aromatic rings. The number of aryl methyl sites for hydroxylation is 1. The average molecular weight is 326 g/mol. The normalized spacial score (nSPS) is 12.0. The van der Waals surface area contributed by atoms with Crippen molar-refractivity contribution >= 4 is 22.7 Å². The van der Waals surface area contributed by atoms with Crippen molar-refractivity contribution in [2.45, 2.75) is 26.3 Å². The Balaban J connectivity index is 2.15. The van der Waals surface area contributed by atoms with E-state index >= 15 is 0 Å². The van der Waals surface area contributed by atoms with Gasteiger partial charge in [-0.25, -0.2) is 0 Å². The van der Waals surface area contributed by atoms with Crippen LogP contribution in [0.25, 0.3) is 10.9 Å². The number of aromatic nitrogens is 1. The lowest BCUT2D eigenvalue weighted by molar-refractivity contribution is -0.123. The Morgan fingerprint density at radius 3 is 2.71 bits per heavy atom. The van der Waals surface area contributed by atoms with Crippen LogP contribution in [0, 0.1) is 17.2 Å². The van der Waals surface area contributed by atoms with Crippen LogP contribution in [0.15, 0.2) is 30.5 Å². The molecule has 0 radical (unpaired) electrons. The lowest BCUT2D eigenvalue weighted by atomic mass is 10.0. The van der Waals surface area contributed by atoms with E-state index in [4.69, 9.17) is 5.26 Å². The number of hydrogen-bond acceptors (Lipinski definition) is 3. The zero-order chi connectivity index (χ0) is 17.7. The predicted octanol–water partition coefficient (Wildman–Crippen LogP) is 1.96. The van der Waals surface area contributed by atoms with Crippen LogP contribution in [0.4, 0.5) is 0 Å². The molecule has 0 unspecified atom stereocenters. The van der Waals surface area contributed by atoms with Gasteiger partial charge >= 0.3 is 0 Å². The number of fused-ring (bicyclic) bond motifs is 1. The molecule has 2 amide bonds. The van der Waals surface area contributed by atoms with Crippen molar-refractivity contribution in [3.8, 4) is 6.07 Å². The monoisotopic (exact) mass is 326 g/mol. The molecule has 1 atom stereocenters. The molecule has 0 saturated heterocycles. The molecule has 2 rings (SSSR count). The van der Waals surface area contributed by atoms with Crippen LogP contribution in [-0.2, 0) is 11.8 Å². The van der Waals surface area contributed by atoms with E-state index in [-0.39, 0.29) is 24.3 Å². The highest BCUT2D eigenvalue weighted by Crippen LogP contribution is 2.17. The van der Waals surface area contributed by atoms with E-state index in [0.29, 0.717) is 12.0 Å². The van der Waals surface area contributed by atoms with Gasteiger partial charge in [-0.1, -0.05) is 13.8 Å². The summed E-state index contributed by atoms with van der Waals surface area (Å²) in [5, 5.41) is 14.8. The Morgan fingerprint density at radius 2 is 2.04 bits per heavy atom. The highest BCUT2D eigenvalue weighted by molar-refractivity contribution is 6.00. The van der Waals surface area contributed by atoms with E-state index in [0.717, 1.165) is 10.9 Å². The first-order chi connectivity index (χ1) is 11.4. The molecule has 1 aromatic carbocycles. The van der Waals surface area contributed by atoms with E-state index in [2.05, 4.69) is 10.6 Å². The fraction of sp³-hybridized carbons (Fsp3) is 0.389.